The van der Waals surface area contributed by atoms with Crippen molar-refractivity contribution in [3.05, 3.63) is 15.9 Å². The van der Waals surface area contributed by atoms with Crippen molar-refractivity contribution in [2.24, 2.45) is 13.0 Å². The Morgan fingerprint density at radius 2 is 2.06 bits per heavy atom. The van der Waals surface area contributed by atoms with E-state index in [1.165, 1.54) is 5.69 Å². The lowest BCUT2D eigenvalue weighted by Gasteiger charge is -2.31. The largest absolute Gasteiger partial charge is 0.396 e. The highest BCUT2D eigenvalue weighted by Gasteiger charge is 2.21. The summed E-state index contributed by atoms with van der Waals surface area (Å²) in [4.78, 5) is 2.45. The zero-order valence-electron chi connectivity index (χ0n) is 11.2. The lowest BCUT2D eigenvalue weighted by atomic mass is 9.98. The first-order valence-electron chi connectivity index (χ1n) is 6.69. The summed E-state index contributed by atoms with van der Waals surface area (Å²) in [5, 5.41) is 13.7. The Balaban J connectivity index is 2.00. The van der Waals surface area contributed by atoms with E-state index in [0.29, 0.717) is 12.5 Å². The number of nitrogens with zero attached hydrogens (tertiary/aromatic N) is 3. The van der Waals surface area contributed by atoms with Gasteiger partial charge in [-0.25, -0.2) is 0 Å². The van der Waals surface area contributed by atoms with Crippen LogP contribution in [0.5, 0.6) is 0 Å². The van der Waals surface area contributed by atoms with Crippen LogP contribution in [0.4, 0.5) is 0 Å². The first kappa shape index (κ1) is 14.0. The first-order chi connectivity index (χ1) is 8.65. The SMILES string of the molecule is CCc1nn(C)c(CN2CCC(CO)CC2)c1Br. The second-order valence-corrected chi connectivity index (χ2v) is 5.88. The van der Waals surface area contributed by atoms with Gasteiger partial charge in [0.25, 0.3) is 0 Å². The minimum Gasteiger partial charge on any atom is -0.396 e. The molecule has 1 N–H and O–H groups in total. The van der Waals surface area contributed by atoms with Gasteiger partial charge < -0.3 is 5.11 Å². The van der Waals surface area contributed by atoms with E-state index in [4.69, 9.17) is 5.11 Å². The van der Waals surface area contributed by atoms with E-state index in [2.05, 4.69) is 32.9 Å². The molecule has 0 amide bonds. The number of hydrogen-bond acceptors (Lipinski definition) is 3. The van der Waals surface area contributed by atoms with E-state index in [0.717, 1.165) is 49.1 Å². The molecule has 4 nitrogen and oxygen atoms in total. The Labute approximate surface area is 117 Å². The van der Waals surface area contributed by atoms with Crippen LogP contribution in [0.3, 0.4) is 0 Å². The fraction of sp³-hybridized carbons (Fsp3) is 0.769. The van der Waals surface area contributed by atoms with Crippen molar-refractivity contribution < 1.29 is 5.11 Å². The molecule has 18 heavy (non-hydrogen) atoms. The zero-order valence-corrected chi connectivity index (χ0v) is 12.8. The third-order valence-corrected chi connectivity index (χ3v) is 4.76. The van der Waals surface area contributed by atoms with E-state index in [1.807, 2.05) is 11.7 Å². The number of aliphatic hydroxyl groups is 1. The van der Waals surface area contributed by atoms with Gasteiger partial charge in [0.15, 0.2) is 0 Å². The van der Waals surface area contributed by atoms with Gasteiger partial charge in [-0.15, -0.1) is 0 Å². The summed E-state index contributed by atoms with van der Waals surface area (Å²) in [6.07, 6.45) is 3.17. The number of halogens is 1. The van der Waals surface area contributed by atoms with Gasteiger partial charge >= 0.3 is 0 Å². The molecule has 2 rings (SSSR count). The highest BCUT2D eigenvalue weighted by Crippen LogP contribution is 2.25. The molecule has 1 saturated heterocycles. The lowest BCUT2D eigenvalue weighted by molar-refractivity contribution is 0.125. The molecule has 0 radical (unpaired) electrons. The Morgan fingerprint density at radius 1 is 1.39 bits per heavy atom. The molecular formula is C13H22BrN3O. The molecule has 1 aliphatic heterocycles. The number of rotatable bonds is 4. The molecular weight excluding hydrogens is 294 g/mol. The molecule has 1 fully saturated rings. The molecule has 0 aromatic carbocycles. The topological polar surface area (TPSA) is 41.3 Å². The van der Waals surface area contributed by atoms with Crippen LogP contribution in [0.15, 0.2) is 4.47 Å². The van der Waals surface area contributed by atoms with E-state index in [1.54, 1.807) is 0 Å². The van der Waals surface area contributed by atoms with E-state index in [-0.39, 0.29) is 0 Å². The Morgan fingerprint density at radius 3 is 2.56 bits per heavy atom. The van der Waals surface area contributed by atoms with Gasteiger partial charge in [0, 0.05) is 20.2 Å². The van der Waals surface area contributed by atoms with Gasteiger partial charge in [0.05, 0.1) is 15.9 Å². The van der Waals surface area contributed by atoms with E-state index < -0.39 is 0 Å². The number of aryl methyl sites for hydroxylation is 2. The number of aromatic nitrogens is 2. The normalized spacial score (nSPS) is 18.4. The molecule has 0 spiro atoms. The summed E-state index contributed by atoms with van der Waals surface area (Å²) in [5.74, 6) is 0.502. The maximum Gasteiger partial charge on any atom is 0.0767 e. The number of piperidine rings is 1. The zero-order chi connectivity index (χ0) is 13.1. The number of hydrogen-bond donors (Lipinski definition) is 1. The summed E-state index contributed by atoms with van der Waals surface area (Å²) in [6.45, 7) is 5.56. The number of likely N-dealkylation sites (tertiary alicyclic amines) is 1. The van der Waals surface area contributed by atoms with Crippen LogP contribution in [0.25, 0.3) is 0 Å². The molecule has 0 unspecified atom stereocenters. The Hall–Kier alpha value is -0.390. The molecule has 0 aliphatic carbocycles. The highest BCUT2D eigenvalue weighted by atomic mass is 79.9. The van der Waals surface area contributed by atoms with Crippen molar-refractivity contribution in [2.75, 3.05) is 19.7 Å². The maximum absolute atomic E-state index is 9.15. The smallest absolute Gasteiger partial charge is 0.0767 e. The first-order valence-corrected chi connectivity index (χ1v) is 7.48. The summed E-state index contributed by atoms with van der Waals surface area (Å²) >= 11 is 3.66. The highest BCUT2D eigenvalue weighted by molar-refractivity contribution is 9.10. The second-order valence-electron chi connectivity index (χ2n) is 5.09. The third kappa shape index (κ3) is 2.95. The van der Waals surface area contributed by atoms with Crippen molar-refractivity contribution in [3.63, 3.8) is 0 Å². The predicted molar refractivity (Wildman–Crippen MR) is 75.4 cm³/mol. The van der Waals surface area contributed by atoms with Crippen LogP contribution in [-0.2, 0) is 20.0 Å². The quantitative estimate of drug-likeness (QED) is 0.923. The van der Waals surface area contributed by atoms with Gasteiger partial charge in [-0.2, -0.15) is 5.10 Å². The minimum absolute atomic E-state index is 0.337. The van der Waals surface area contributed by atoms with Crippen molar-refractivity contribution in [1.82, 2.24) is 14.7 Å². The standard InChI is InChI=1S/C13H22BrN3O/c1-3-11-13(14)12(16(2)15-11)8-17-6-4-10(9-18)5-7-17/h10,18H,3-9H2,1-2H3. The van der Waals surface area contributed by atoms with Crippen LogP contribution in [-0.4, -0.2) is 39.5 Å². The molecule has 1 aliphatic rings. The summed E-state index contributed by atoms with van der Waals surface area (Å²) in [7, 11) is 2.01. The average Bonchev–Trinajstić information content (AvgIpc) is 2.67. The molecule has 0 bridgehead atoms. The molecule has 0 atom stereocenters. The van der Waals surface area contributed by atoms with Crippen molar-refractivity contribution in [1.29, 1.82) is 0 Å². The lowest BCUT2D eigenvalue weighted by Crippen LogP contribution is -2.34. The van der Waals surface area contributed by atoms with Gasteiger partial charge in [0.2, 0.25) is 0 Å². The third-order valence-electron chi connectivity index (χ3n) is 3.84. The molecule has 5 heteroatoms. The molecule has 102 valence electrons. The van der Waals surface area contributed by atoms with Crippen molar-refractivity contribution >= 4 is 15.9 Å². The van der Waals surface area contributed by atoms with Gasteiger partial charge in [-0.3, -0.25) is 9.58 Å². The molecule has 1 aromatic heterocycles. The second kappa shape index (κ2) is 6.17. The van der Waals surface area contributed by atoms with Crippen LogP contribution in [0, 0.1) is 5.92 Å². The summed E-state index contributed by atoms with van der Waals surface area (Å²) in [5.41, 5.74) is 2.40. The molecule has 2 heterocycles. The summed E-state index contributed by atoms with van der Waals surface area (Å²) < 4.78 is 3.15. The van der Waals surface area contributed by atoms with Gasteiger partial charge in [-0.05, 0) is 54.2 Å². The Kier molecular flexibility index (Phi) is 4.81. The van der Waals surface area contributed by atoms with Gasteiger partial charge in [-0.1, -0.05) is 6.92 Å². The van der Waals surface area contributed by atoms with Crippen LogP contribution in [0.1, 0.15) is 31.2 Å². The van der Waals surface area contributed by atoms with Crippen molar-refractivity contribution in [3.8, 4) is 0 Å². The van der Waals surface area contributed by atoms with E-state index >= 15 is 0 Å². The van der Waals surface area contributed by atoms with Crippen LogP contribution >= 0.6 is 15.9 Å². The number of aliphatic hydroxyl groups excluding tert-OH is 1. The maximum atomic E-state index is 9.15. The van der Waals surface area contributed by atoms with Gasteiger partial charge in [0.1, 0.15) is 0 Å². The average molecular weight is 316 g/mol. The van der Waals surface area contributed by atoms with Crippen molar-refractivity contribution in [2.45, 2.75) is 32.7 Å². The molecule has 1 aromatic rings. The van der Waals surface area contributed by atoms with E-state index in [9.17, 15) is 0 Å². The Bertz CT molecular complexity index is 397. The predicted octanol–water partition coefficient (Wildman–Crippen LogP) is 1.95. The summed E-state index contributed by atoms with van der Waals surface area (Å²) in [6, 6.07) is 0. The monoisotopic (exact) mass is 315 g/mol. The fourth-order valence-electron chi connectivity index (χ4n) is 2.53. The molecule has 0 saturated carbocycles. The van der Waals surface area contributed by atoms with Crippen LogP contribution < -0.4 is 0 Å². The minimum atomic E-state index is 0.337. The van der Waals surface area contributed by atoms with Crippen LogP contribution in [0.2, 0.25) is 0 Å². The fourth-order valence-corrected chi connectivity index (χ4v) is 3.27.